The third-order valence-electron chi connectivity index (χ3n) is 4.59. The quantitative estimate of drug-likeness (QED) is 0.673. The molecule has 3 heterocycles. The molecule has 0 radical (unpaired) electrons. The van der Waals surface area contributed by atoms with Crippen molar-refractivity contribution in [2.75, 3.05) is 23.8 Å². The summed E-state index contributed by atoms with van der Waals surface area (Å²) < 4.78 is 34.8. The van der Waals surface area contributed by atoms with Gasteiger partial charge in [0.2, 0.25) is 5.95 Å². The topological polar surface area (TPSA) is 76.9 Å². The van der Waals surface area contributed by atoms with Gasteiger partial charge < -0.3 is 15.4 Å². The molecule has 0 saturated carbocycles. The van der Waals surface area contributed by atoms with E-state index in [0.29, 0.717) is 17.8 Å². The summed E-state index contributed by atoms with van der Waals surface area (Å²) >= 11 is 0. The van der Waals surface area contributed by atoms with E-state index < -0.39 is 11.6 Å². The first-order valence-electron chi connectivity index (χ1n) is 9.08. The van der Waals surface area contributed by atoms with Gasteiger partial charge in [-0.25, -0.2) is 13.8 Å². The van der Waals surface area contributed by atoms with Crippen molar-refractivity contribution in [3.05, 3.63) is 60.1 Å². The van der Waals surface area contributed by atoms with Crippen LogP contribution in [0.5, 0.6) is 0 Å². The summed E-state index contributed by atoms with van der Waals surface area (Å²) in [5.74, 6) is -0.372. The summed E-state index contributed by atoms with van der Waals surface area (Å²) in [5.41, 5.74) is 0.733. The fraction of sp³-hybridized carbons (Fsp3) is 0.316. The monoisotopic (exact) mass is 386 g/mol. The number of hydrogen-bond acceptors (Lipinski definition) is 6. The first kappa shape index (κ1) is 18.3. The fourth-order valence-electron chi connectivity index (χ4n) is 3.08. The molecule has 0 unspecified atom stereocenters. The number of nitrogens with one attached hydrogen (secondary N) is 2. The van der Waals surface area contributed by atoms with Crippen LogP contribution in [-0.4, -0.2) is 33.0 Å². The molecule has 1 aromatic carbocycles. The lowest BCUT2D eigenvalue weighted by molar-refractivity contribution is 0.0662. The summed E-state index contributed by atoms with van der Waals surface area (Å²) in [5, 5.41) is 10.4. The summed E-state index contributed by atoms with van der Waals surface area (Å²) in [7, 11) is 0. The zero-order valence-electron chi connectivity index (χ0n) is 15.1. The number of hydrogen-bond donors (Lipinski definition) is 2. The molecule has 1 aliphatic heterocycles. The molecule has 1 aliphatic rings. The molecule has 2 N–H and O–H groups in total. The van der Waals surface area contributed by atoms with E-state index in [0.717, 1.165) is 31.7 Å². The molecule has 0 bridgehead atoms. The molecule has 4 rings (SSSR count). The lowest BCUT2D eigenvalue weighted by Gasteiger charge is -2.22. The van der Waals surface area contributed by atoms with Gasteiger partial charge in [0.05, 0.1) is 17.9 Å². The maximum Gasteiger partial charge on any atom is 0.229 e. The predicted octanol–water partition coefficient (Wildman–Crippen LogP) is 3.66. The van der Waals surface area contributed by atoms with Gasteiger partial charge in [-0.15, -0.1) is 0 Å². The number of aromatic nitrogens is 4. The minimum atomic E-state index is -0.597. The van der Waals surface area contributed by atoms with Gasteiger partial charge in [0.25, 0.3) is 0 Å². The largest absolute Gasteiger partial charge is 0.381 e. The van der Waals surface area contributed by atoms with E-state index in [1.54, 1.807) is 18.5 Å². The first-order chi connectivity index (χ1) is 13.7. The van der Waals surface area contributed by atoms with Crippen molar-refractivity contribution in [1.29, 1.82) is 0 Å². The van der Waals surface area contributed by atoms with E-state index in [1.807, 2.05) is 10.9 Å². The number of nitrogens with zero attached hydrogens (tertiary/aromatic N) is 4. The van der Waals surface area contributed by atoms with Crippen molar-refractivity contribution >= 4 is 17.5 Å². The fourth-order valence-corrected chi connectivity index (χ4v) is 3.08. The minimum absolute atomic E-state index is 0.0172. The first-order valence-corrected chi connectivity index (χ1v) is 9.08. The lowest BCUT2D eigenvalue weighted by atomic mass is 10.1. The number of rotatable bonds is 6. The summed E-state index contributed by atoms with van der Waals surface area (Å²) in [6.45, 7) is 1.47. The van der Waals surface area contributed by atoms with E-state index >= 15 is 0 Å². The molecule has 0 atom stereocenters. The van der Waals surface area contributed by atoms with Crippen molar-refractivity contribution in [2.45, 2.75) is 25.4 Å². The smallest absolute Gasteiger partial charge is 0.229 e. The van der Waals surface area contributed by atoms with Crippen LogP contribution < -0.4 is 10.6 Å². The average Bonchev–Trinajstić information content (AvgIpc) is 3.17. The highest BCUT2D eigenvalue weighted by molar-refractivity contribution is 5.52. The van der Waals surface area contributed by atoms with Gasteiger partial charge in [-0.1, -0.05) is 6.07 Å². The van der Waals surface area contributed by atoms with Crippen LogP contribution in [0, 0.1) is 11.6 Å². The van der Waals surface area contributed by atoms with Crippen LogP contribution in [0.2, 0.25) is 0 Å². The SMILES string of the molecule is Fc1cccc(F)c1CNc1ccnc(Nc2cnn(C3CCOCC3)c2)n1. The highest BCUT2D eigenvalue weighted by atomic mass is 19.1. The Morgan fingerprint density at radius 2 is 1.93 bits per heavy atom. The standard InChI is InChI=1S/C19H20F2N6O/c20-16-2-1-3-17(21)15(16)11-23-18-4-7-22-19(26-18)25-13-10-24-27(12-13)14-5-8-28-9-6-14/h1-4,7,10,12,14H,5-6,8-9,11H2,(H2,22,23,25,26). The van der Waals surface area contributed by atoms with E-state index in [9.17, 15) is 8.78 Å². The maximum atomic E-state index is 13.7. The van der Waals surface area contributed by atoms with Gasteiger partial charge >= 0.3 is 0 Å². The van der Waals surface area contributed by atoms with E-state index in [-0.39, 0.29) is 12.1 Å². The molecule has 28 heavy (non-hydrogen) atoms. The lowest BCUT2D eigenvalue weighted by Crippen LogP contribution is -2.19. The highest BCUT2D eigenvalue weighted by Gasteiger charge is 2.16. The van der Waals surface area contributed by atoms with Gasteiger partial charge in [-0.2, -0.15) is 10.1 Å². The van der Waals surface area contributed by atoms with Crippen LogP contribution in [0.25, 0.3) is 0 Å². The van der Waals surface area contributed by atoms with Gasteiger partial charge in [-0.3, -0.25) is 4.68 Å². The number of ether oxygens (including phenoxy) is 1. The summed E-state index contributed by atoms with van der Waals surface area (Å²) in [4.78, 5) is 8.51. The van der Waals surface area contributed by atoms with Crippen molar-refractivity contribution in [2.24, 2.45) is 0 Å². The van der Waals surface area contributed by atoms with Crippen molar-refractivity contribution in [1.82, 2.24) is 19.7 Å². The van der Waals surface area contributed by atoms with Gasteiger partial charge in [0.1, 0.15) is 17.5 Å². The Balaban J connectivity index is 1.40. The van der Waals surface area contributed by atoms with Crippen LogP contribution in [0.15, 0.2) is 42.9 Å². The van der Waals surface area contributed by atoms with Crippen molar-refractivity contribution < 1.29 is 13.5 Å². The van der Waals surface area contributed by atoms with Gasteiger partial charge in [0, 0.05) is 37.7 Å². The molecule has 1 saturated heterocycles. The molecule has 146 valence electrons. The number of halogens is 2. The van der Waals surface area contributed by atoms with E-state index in [4.69, 9.17) is 4.74 Å². The van der Waals surface area contributed by atoms with E-state index in [1.165, 1.54) is 18.2 Å². The molecule has 0 spiro atoms. The Bertz CT molecular complexity index is 921. The molecule has 3 aromatic rings. The number of anilines is 3. The predicted molar refractivity (Wildman–Crippen MR) is 100 cm³/mol. The minimum Gasteiger partial charge on any atom is -0.381 e. The van der Waals surface area contributed by atoms with Crippen LogP contribution >= 0.6 is 0 Å². The Kier molecular flexibility index (Phi) is 5.43. The van der Waals surface area contributed by atoms with Crippen LogP contribution in [-0.2, 0) is 11.3 Å². The Morgan fingerprint density at radius 3 is 2.71 bits per heavy atom. The maximum absolute atomic E-state index is 13.7. The van der Waals surface area contributed by atoms with Crippen molar-refractivity contribution in [3.8, 4) is 0 Å². The second kappa shape index (κ2) is 8.30. The molecule has 7 nitrogen and oxygen atoms in total. The normalized spacial score (nSPS) is 14.8. The van der Waals surface area contributed by atoms with Crippen LogP contribution in [0.1, 0.15) is 24.4 Å². The average molecular weight is 386 g/mol. The summed E-state index contributed by atoms with van der Waals surface area (Å²) in [6, 6.07) is 5.75. The van der Waals surface area contributed by atoms with Crippen molar-refractivity contribution in [3.63, 3.8) is 0 Å². The zero-order chi connectivity index (χ0) is 19.3. The molecular weight excluding hydrogens is 366 g/mol. The molecule has 1 fully saturated rings. The number of benzene rings is 1. The molecule has 0 aliphatic carbocycles. The van der Waals surface area contributed by atoms with E-state index in [2.05, 4.69) is 25.7 Å². The molecular formula is C19H20F2N6O. The van der Waals surface area contributed by atoms with Gasteiger partial charge in [-0.05, 0) is 31.0 Å². The van der Waals surface area contributed by atoms with Gasteiger partial charge in [0.15, 0.2) is 0 Å². The molecule has 9 heteroatoms. The Labute approximate surface area is 160 Å². The third kappa shape index (κ3) is 4.25. The van der Waals surface area contributed by atoms with Crippen LogP contribution in [0.4, 0.5) is 26.2 Å². The Hall–Kier alpha value is -3.07. The van der Waals surface area contributed by atoms with Crippen LogP contribution in [0.3, 0.4) is 0 Å². The zero-order valence-corrected chi connectivity index (χ0v) is 15.1. The molecule has 2 aromatic heterocycles. The second-order valence-corrected chi connectivity index (χ2v) is 6.50. The second-order valence-electron chi connectivity index (χ2n) is 6.50. The Morgan fingerprint density at radius 1 is 1.14 bits per heavy atom. The summed E-state index contributed by atoms with van der Waals surface area (Å²) in [6.07, 6.45) is 7.06. The molecule has 0 amide bonds. The highest BCUT2D eigenvalue weighted by Crippen LogP contribution is 2.22. The third-order valence-corrected chi connectivity index (χ3v) is 4.59.